The number of nitrogens with two attached hydrogens (primary N) is 1. The Morgan fingerprint density at radius 1 is 1.55 bits per heavy atom. The topological polar surface area (TPSA) is 103 Å². The highest BCUT2D eigenvalue weighted by Gasteiger charge is 2.41. The van der Waals surface area contributed by atoms with Gasteiger partial charge in [0.05, 0.1) is 5.69 Å². The molecule has 0 radical (unpaired) electrons. The minimum Gasteiger partial charge on any atom is -0.368 e. The summed E-state index contributed by atoms with van der Waals surface area (Å²) < 4.78 is 27.0. The van der Waals surface area contributed by atoms with Gasteiger partial charge in [-0.15, -0.1) is 0 Å². The van der Waals surface area contributed by atoms with E-state index < -0.39 is 20.5 Å². The van der Waals surface area contributed by atoms with Crippen LogP contribution in [0.2, 0.25) is 0 Å². The lowest BCUT2D eigenvalue weighted by Gasteiger charge is -2.23. The van der Waals surface area contributed by atoms with Crippen LogP contribution < -0.4 is 5.73 Å². The lowest BCUT2D eigenvalue weighted by Crippen LogP contribution is -2.47. The van der Waals surface area contributed by atoms with E-state index in [4.69, 9.17) is 10.3 Å². The van der Waals surface area contributed by atoms with E-state index in [1.165, 1.54) is 6.92 Å². The van der Waals surface area contributed by atoms with Crippen molar-refractivity contribution in [3.63, 3.8) is 0 Å². The number of hydrogen-bond acceptors (Lipinski definition) is 5. The smallest absolute Gasteiger partial charge is 0.238 e. The van der Waals surface area contributed by atoms with Crippen molar-refractivity contribution < 1.29 is 17.7 Å². The van der Waals surface area contributed by atoms with Crippen LogP contribution in [0, 0.1) is 17.3 Å². The molecular weight excluding hydrogens is 304 g/mol. The van der Waals surface area contributed by atoms with E-state index in [0.29, 0.717) is 11.5 Å². The van der Waals surface area contributed by atoms with Gasteiger partial charge in [0.2, 0.25) is 11.7 Å². The van der Waals surface area contributed by atoms with Crippen molar-refractivity contribution in [2.45, 2.75) is 44.3 Å². The number of aryl methyl sites for hydroxylation is 1. The number of hydrogen-bond donors (Lipinski definition) is 1. The molecule has 0 unspecified atom stereocenters. The molecule has 1 heterocycles. The van der Waals surface area contributed by atoms with Crippen molar-refractivity contribution in [2.24, 2.45) is 11.1 Å². The van der Waals surface area contributed by atoms with Gasteiger partial charge in [0.1, 0.15) is 4.75 Å². The minimum absolute atomic E-state index is 0.0539. The van der Waals surface area contributed by atoms with Crippen molar-refractivity contribution in [3.05, 3.63) is 17.5 Å². The van der Waals surface area contributed by atoms with E-state index >= 15 is 0 Å². The molecule has 0 aromatic carbocycles. The Labute approximate surface area is 130 Å². The first-order valence-electron chi connectivity index (χ1n) is 7.04. The number of carbonyl (C=O) groups is 1. The van der Waals surface area contributed by atoms with Gasteiger partial charge in [-0.1, -0.05) is 11.1 Å². The highest BCUT2D eigenvalue weighted by atomic mass is 32.2. The predicted octanol–water partition coefficient (Wildman–Crippen LogP) is 1.05. The van der Waals surface area contributed by atoms with Gasteiger partial charge in [-0.2, -0.15) is 0 Å². The number of primary amides is 1. The number of sulfone groups is 1. The molecule has 1 amide bonds. The Balaban J connectivity index is 2.06. The summed E-state index contributed by atoms with van der Waals surface area (Å²) in [5.74, 6) is 5.64. The first-order chi connectivity index (χ1) is 10.1. The van der Waals surface area contributed by atoms with Gasteiger partial charge >= 0.3 is 0 Å². The fourth-order valence-electron chi connectivity index (χ4n) is 1.87. The first-order valence-corrected chi connectivity index (χ1v) is 8.93. The lowest BCUT2D eigenvalue weighted by molar-refractivity contribution is -0.120. The minimum atomic E-state index is -3.61. The van der Waals surface area contributed by atoms with Crippen molar-refractivity contribution in [1.29, 1.82) is 0 Å². The van der Waals surface area contributed by atoms with Crippen LogP contribution in [0.5, 0.6) is 0 Å². The molecule has 1 aromatic heterocycles. The number of rotatable bonds is 5. The van der Waals surface area contributed by atoms with Crippen molar-refractivity contribution in [2.75, 3.05) is 6.26 Å². The number of amides is 1. The van der Waals surface area contributed by atoms with E-state index in [1.54, 1.807) is 6.07 Å². The summed E-state index contributed by atoms with van der Waals surface area (Å²) >= 11 is 0. The van der Waals surface area contributed by atoms with Gasteiger partial charge in [-0.05, 0) is 45.5 Å². The Bertz CT molecular complexity index is 750. The van der Waals surface area contributed by atoms with Crippen LogP contribution in [0.25, 0.3) is 0 Å². The maximum atomic E-state index is 11.8. The summed E-state index contributed by atoms with van der Waals surface area (Å²) in [6, 6.07) is 1.67. The third-order valence-electron chi connectivity index (χ3n) is 4.24. The summed E-state index contributed by atoms with van der Waals surface area (Å²) in [7, 11) is -3.61. The zero-order valence-corrected chi connectivity index (χ0v) is 13.8. The van der Waals surface area contributed by atoms with Crippen molar-refractivity contribution in [1.82, 2.24) is 5.16 Å². The average molecular weight is 324 g/mol. The molecule has 120 valence electrons. The van der Waals surface area contributed by atoms with Crippen LogP contribution >= 0.6 is 0 Å². The van der Waals surface area contributed by atoms with Crippen LogP contribution in [0.3, 0.4) is 0 Å². The summed E-state index contributed by atoms with van der Waals surface area (Å²) in [6.45, 7) is 3.42. The third-order valence-corrected chi connectivity index (χ3v) is 6.29. The number of aromatic nitrogens is 1. The van der Waals surface area contributed by atoms with Crippen molar-refractivity contribution in [3.8, 4) is 11.8 Å². The predicted molar refractivity (Wildman–Crippen MR) is 81.5 cm³/mol. The van der Waals surface area contributed by atoms with Crippen LogP contribution in [-0.4, -0.2) is 30.5 Å². The Morgan fingerprint density at radius 3 is 2.68 bits per heavy atom. The quantitative estimate of drug-likeness (QED) is 0.815. The molecule has 0 aliphatic heterocycles. The molecule has 22 heavy (non-hydrogen) atoms. The number of nitrogens with zero attached hydrogens (tertiary/aromatic N) is 1. The molecule has 0 saturated heterocycles. The molecule has 0 spiro atoms. The molecule has 2 N–H and O–H groups in total. The molecule has 1 aliphatic carbocycles. The molecule has 7 heteroatoms. The molecule has 1 fully saturated rings. The van der Waals surface area contributed by atoms with Crippen LogP contribution in [-0.2, 0) is 21.1 Å². The van der Waals surface area contributed by atoms with Crippen LogP contribution in [0.1, 0.15) is 44.6 Å². The summed E-state index contributed by atoms with van der Waals surface area (Å²) in [5, 5.41) is 3.86. The maximum absolute atomic E-state index is 11.8. The average Bonchev–Trinajstić information content (AvgIpc) is 2.98. The van der Waals surface area contributed by atoms with Gasteiger partial charge in [-0.25, -0.2) is 8.42 Å². The molecule has 2 rings (SSSR count). The van der Waals surface area contributed by atoms with Gasteiger partial charge in [0, 0.05) is 17.7 Å². The first kappa shape index (κ1) is 16.6. The molecule has 0 bridgehead atoms. The second-order valence-corrected chi connectivity index (χ2v) is 8.81. The zero-order chi connectivity index (χ0) is 16.6. The largest absolute Gasteiger partial charge is 0.368 e. The van der Waals surface area contributed by atoms with E-state index in [2.05, 4.69) is 23.9 Å². The molecule has 1 aromatic rings. The molecule has 6 nitrogen and oxygen atoms in total. The zero-order valence-electron chi connectivity index (χ0n) is 13.0. The standard InChI is InChI=1S/C15H20N2O4S/c1-14(8-9-14)6-5-12-10-11(17-21-12)4-7-15(2,13(16)18)22(3,19)20/h10H,4,7-9H2,1-3H3,(H2,16,18)/t15-/m1/s1. The van der Waals surface area contributed by atoms with Crippen molar-refractivity contribution >= 4 is 15.7 Å². The second-order valence-electron chi connectivity index (χ2n) is 6.36. The lowest BCUT2D eigenvalue weighted by atomic mass is 10.0. The van der Waals surface area contributed by atoms with E-state index in [-0.39, 0.29) is 18.3 Å². The maximum Gasteiger partial charge on any atom is 0.238 e. The monoisotopic (exact) mass is 324 g/mol. The Kier molecular flexibility index (Phi) is 4.09. The van der Waals surface area contributed by atoms with Gasteiger partial charge in [-0.3, -0.25) is 4.79 Å². The summed E-state index contributed by atoms with van der Waals surface area (Å²) in [4.78, 5) is 11.5. The van der Waals surface area contributed by atoms with Crippen LogP contribution in [0.15, 0.2) is 10.6 Å². The van der Waals surface area contributed by atoms with Crippen LogP contribution in [0.4, 0.5) is 0 Å². The van der Waals surface area contributed by atoms with E-state index in [0.717, 1.165) is 19.1 Å². The fraction of sp³-hybridized carbons (Fsp3) is 0.600. The summed E-state index contributed by atoms with van der Waals surface area (Å²) in [5.41, 5.74) is 5.89. The second kappa shape index (κ2) is 5.43. The molecule has 1 aliphatic rings. The SMILES string of the molecule is CC1(C#Cc2cc(CC[C@](C)(C(N)=O)S(C)(=O)=O)no2)CC1. The molecular formula is C15H20N2O4S. The van der Waals surface area contributed by atoms with E-state index in [1.807, 2.05) is 0 Å². The summed E-state index contributed by atoms with van der Waals surface area (Å²) in [6.07, 6.45) is 3.51. The van der Waals surface area contributed by atoms with E-state index in [9.17, 15) is 13.2 Å². The Hall–Kier alpha value is -1.81. The third kappa shape index (κ3) is 3.50. The molecule has 1 atom stereocenters. The van der Waals surface area contributed by atoms with Gasteiger partial charge in [0.25, 0.3) is 0 Å². The van der Waals surface area contributed by atoms with Gasteiger partial charge < -0.3 is 10.3 Å². The molecule has 1 saturated carbocycles. The highest BCUT2D eigenvalue weighted by Crippen LogP contribution is 2.44. The highest BCUT2D eigenvalue weighted by molar-refractivity contribution is 7.92. The fourth-order valence-corrected chi connectivity index (χ4v) is 2.71. The number of carbonyl (C=O) groups excluding carboxylic acids is 1. The Morgan fingerprint density at radius 2 is 2.18 bits per heavy atom. The normalized spacial score (nSPS) is 18.9. The van der Waals surface area contributed by atoms with Gasteiger partial charge in [0.15, 0.2) is 9.84 Å².